The van der Waals surface area contributed by atoms with E-state index in [-0.39, 0.29) is 12.0 Å². The molecular weight excluding hydrogens is 258 g/mol. The Morgan fingerprint density at radius 2 is 1.85 bits per heavy atom. The molecule has 0 fully saturated rings. The maximum absolute atomic E-state index is 14.0. The quantitative estimate of drug-likeness (QED) is 0.898. The molecule has 0 saturated carbocycles. The minimum atomic E-state index is -0.557. The molecular formula is C16H18F2N2. The Hall–Kier alpha value is -1.81. The maximum Gasteiger partial charge on any atom is 0.130 e. The van der Waals surface area contributed by atoms with Gasteiger partial charge in [-0.3, -0.25) is 4.98 Å². The van der Waals surface area contributed by atoms with Crippen molar-refractivity contribution < 1.29 is 8.78 Å². The summed E-state index contributed by atoms with van der Waals surface area (Å²) in [5.41, 5.74) is 1.55. The van der Waals surface area contributed by atoms with Gasteiger partial charge in [-0.05, 0) is 30.3 Å². The standard InChI is InChI=1S/C16H18F2N2/c1-3-20-16(11(2)12-6-8-19-9-7-12)14-5-4-13(17)10-15(14)18/h4-11,16,20H,3H2,1-2H3. The van der Waals surface area contributed by atoms with Gasteiger partial charge < -0.3 is 5.32 Å². The minimum Gasteiger partial charge on any atom is -0.310 e. The van der Waals surface area contributed by atoms with Crippen molar-refractivity contribution in [1.82, 2.24) is 10.3 Å². The van der Waals surface area contributed by atoms with Crippen LogP contribution in [0, 0.1) is 11.6 Å². The van der Waals surface area contributed by atoms with Crippen LogP contribution in [0.25, 0.3) is 0 Å². The lowest BCUT2D eigenvalue weighted by atomic mass is 9.88. The van der Waals surface area contributed by atoms with E-state index < -0.39 is 11.6 Å². The van der Waals surface area contributed by atoms with E-state index in [4.69, 9.17) is 0 Å². The molecule has 2 atom stereocenters. The van der Waals surface area contributed by atoms with Gasteiger partial charge in [0.25, 0.3) is 0 Å². The average Bonchev–Trinajstić information content (AvgIpc) is 2.46. The van der Waals surface area contributed by atoms with Gasteiger partial charge in [0.2, 0.25) is 0 Å². The molecule has 1 aromatic carbocycles. The minimum absolute atomic E-state index is 0.0536. The van der Waals surface area contributed by atoms with Gasteiger partial charge in [-0.2, -0.15) is 0 Å². The molecule has 2 unspecified atom stereocenters. The summed E-state index contributed by atoms with van der Waals surface area (Å²) in [6.07, 6.45) is 3.44. The molecule has 0 amide bonds. The fraction of sp³-hybridized carbons (Fsp3) is 0.312. The molecule has 1 N–H and O–H groups in total. The smallest absolute Gasteiger partial charge is 0.130 e. The summed E-state index contributed by atoms with van der Waals surface area (Å²) >= 11 is 0. The predicted molar refractivity (Wildman–Crippen MR) is 75.4 cm³/mol. The van der Waals surface area contributed by atoms with E-state index in [0.717, 1.165) is 11.6 Å². The third kappa shape index (κ3) is 3.20. The molecule has 4 heteroatoms. The normalized spacial score (nSPS) is 14.0. The van der Waals surface area contributed by atoms with E-state index >= 15 is 0 Å². The molecule has 0 radical (unpaired) electrons. The number of benzene rings is 1. The zero-order valence-corrected chi connectivity index (χ0v) is 11.6. The highest BCUT2D eigenvalue weighted by molar-refractivity contribution is 5.28. The van der Waals surface area contributed by atoms with Crippen molar-refractivity contribution in [1.29, 1.82) is 0 Å². The van der Waals surface area contributed by atoms with E-state index in [1.165, 1.54) is 12.1 Å². The average molecular weight is 276 g/mol. The molecule has 0 aliphatic heterocycles. The van der Waals surface area contributed by atoms with Gasteiger partial charge in [-0.1, -0.05) is 19.9 Å². The molecule has 1 heterocycles. The van der Waals surface area contributed by atoms with Crippen LogP contribution in [-0.4, -0.2) is 11.5 Å². The van der Waals surface area contributed by atoms with Gasteiger partial charge in [0.15, 0.2) is 0 Å². The van der Waals surface area contributed by atoms with Gasteiger partial charge in [0, 0.05) is 36.0 Å². The van der Waals surface area contributed by atoms with Crippen LogP contribution in [-0.2, 0) is 0 Å². The summed E-state index contributed by atoms with van der Waals surface area (Å²) in [5, 5.41) is 3.27. The zero-order valence-electron chi connectivity index (χ0n) is 11.6. The SMILES string of the molecule is CCNC(c1ccc(F)cc1F)C(C)c1ccncc1. The maximum atomic E-state index is 14.0. The van der Waals surface area contributed by atoms with Crippen molar-refractivity contribution in [3.05, 3.63) is 65.5 Å². The molecule has 0 saturated heterocycles. The Labute approximate surface area is 117 Å². The molecule has 20 heavy (non-hydrogen) atoms. The van der Waals surface area contributed by atoms with Gasteiger partial charge in [0.1, 0.15) is 11.6 Å². The number of nitrogens with zero attached hydrogens (tertiary/aromatic N) is 1. The summed E-state index contributed by atoms with van der Waals surface area (Å²) in [6.45, 7) is 4.69. The zero-order chi connectivity index (χ0) is 14.5. The summed E-state index contributed by atoms with van der Waals surface area (Å²) in [7, 11) is 0. The Morgan fingerprint density at radius 1 is 1.15 bits per heavy atom. The third-order valence-corrected chi connectivity index (χ3v) is 3.45. The molecule has 0 aliphatic rings. The lowest BCUT2D eigenvalue weighted by Gasteiger charge is -2.26. The molecule has 1 aromatic heterocycles. The topological polar surface area (TPSA) is 24.9 Å². The first kappa shape index (κ1) is 14.6. The number of hydrogen-bond donors (Lipinski definition) is 1. The Balaban J connectivity index is 2.35. The van der Waals surface area contributed by atoms with E-state index in [2.05, 4.69) is 10.3 Å². The van der Waals surface area contributed by atoms with Crippen molar-refractivity contribution in [2.45, 2.75) is 25.8 Å². The second-order valence-electron chi connectivity index (χ2n) is 4.77. The van der Waals surface area contributed by atoms with Gasteiger partial charge in [-0.15, -0.1) is 0 Å². The van der Waals surface area contributed by atoms with Crippen LogP contribution in [0.1, 0.15) is 36.9 Å². The van der Waals surface area contributed by atoms with Crippen LogP contribution in [0.4, 0.5) is 8.78 Å². The molecule has 2 nitrogen and oxygen atoms in total. The number of pyridine rings is 1. The molecule has 2 aromatic rings. The van der Waals surface area contributed by atoms with Gasteiger partial charge in [-0.25, -0.2) is 8.78 Å². The second kappa shape index (κ2) is 6.57. The lowest BCUT2D eigenvalue weighted by molar-refractivity contribution is 0.452. The van der Waals surface area contributed by atoms with Crippen molar-refractivity contribution in [2.24, 2.45) is 0 Å². The van der Waals surface area contributed by atoms with Crippen LogP contribution >= 0.6 is 0 Å². The number of halogens is 2. The Morgan fingerprint density at radius 3 is 2.45 bits per heavy atom. The fourth-order valence-electron chi connectivity index (χ4n) is 2.39. The number of nitrogens with one attached hydrogen (secondary N) is 1. The fourth-order valence-corrected chi connectivity index (χ4v) is 2.39. The molecule has 0 spiro atoms. The highest BCUT2D eigenvalue weighted by Gasteiger charge is 2.23. The first-order chi connectivity index (χ1) is 9.63. The molecule has 0 bridgehead atoms. The largest absolute Gasteiger partial charge is 0.310 e. The van der Waals surface area contributed by atoms with Crippen molar-refractivity contribution in [3.63, 3.8) is 0 Å². The monoisotopic (exact) mass is 276 g/mol. The van der Waals surface area contributed by atoms with Crippen molar-refractivity contribution in [2.75, 3.05) is 6.54 Å². The highest BCUT2D eigenvalue weighted by Crippen LogP contribution is 2.31. The second-order valence-corrected chi connectivity index (χ2v) is 4.77. The summed E-state index contributed by atoms with van der Waals surface area (Å²) in [6, 6.07) is 7.35. The van der Waals surface area contributed by atoms with Crippen molar-refractivity contribution >= 4 is 0 Å². The summed E-state index contributed by atoms with van der Waals surface area (Å²) in [5.74, 6) is -1.02. The first-order valence-corrected chi connectivity index (χ1v) is 6.71. The van der Waals surface area contributed by atoms with Crippen LogP contribution in [0.2, 0.25) is 0 Å². The third-order valence-electron chi connectivity index (χ3n) is 3.45. The Kier molecular flexibility index (Phi) is 4.79. The van der Waals surface area contributed by atoms with E-state index in [0.29, 0.717) is 12.1 Å². The van der Waals surface area contributed by atoms with Crippen LogP contribution < -0.4 is 5.32 Å². The number of likely N-dealkylation sites (N-methyl/N-ethyl adjacent to an activating group) is 1. The van der Waals surface area contributed by atoms with Crippen LogP contribution in [0.5, 0.6) is 0 Å². The highest BCUT2D eigenvalue weighted by atomic mass is 19.1. The number of hydrogen-bond acceptors (Lipinski definition) is 2. The van der Waals surface area contributed by atoms with Gasteiger partial charge >= 0.3 is 0 Å². The molecule has 2 rings (SSSR count). The Bertz CT molecular complexity index is 558. The molecule has 106 valence electrons. The predicted octanol–water partition coefficient (Wildman–Crippen LogP) is 3.81. The lowest BCUT2D eigenvalue weighted by Crippen LogP contribution is -2.26. The van der Waals surface area contributed by atoms with E-state index in [1.54, 1.807) is 12.4 Å². The number of rotatable bonds is 5. The number of aromatic nitrogens is 1. The summed E-state index contributed by atoms with van der Waals surface area (Å²) < 4.78 is 27.1. The van der Waals surface area contributed by atoms with Crippen LogP contribution in [0.15, 0.2) is 42.7 Å². The first-order valence-electron chi connectivity index (χ1n) is 6.71. The van der Waals surface area contributed by atoms with E-state index in [9.17, 15) is 8.78 Å². The van der Waals surface area contributed by atoms with Crippen molar-refractivity contribution in [3.8, 4) is 0 Å². The van der Waals surface area contributed by atoms with E-state index in [1.807, 2.05) is 26.0 Å². The van der Waals surface area contributed by atoms with Gasteiger partial charge in [0.05, 0.1) is 0 Å². The van der Waals surface area contributed by atoms with Crippen LogP contribution in [0.3, 0.4) is 0 Å². The molecule has 0 aliphatic carbocycles. The summed E-state index contributed by atoms with van der Waals surface area (Å²) in [4.78, 5) is 3.99.